The summed E-state index contributed by atoms with van der Waals surface area (Å²) in [6.07, 6.45) is 6.13. The van der Waals surface area contributed by atoms with E-state index >= 15 is 0 Å². The summed E-state index contributed by atoms with van der Waals surface area (Å²) in [5.74, 6) is 0. The molecule has 5 nitrogen and oxygen atoms in total. The zero-order valence-corrected chi connectivity index (χ0v) is 24.1. The molecule has 5 rings (SSSR count). The second-order valence-electron chi connectivity index (χ2n) is 9.52. The Morgan fingerprint density at radius 2 is 1.13 bits per heavy atom. The summed E-state index contributed by atoms with van der Waals surface area (Å²) < 4.78 is 4.12. The normalized spacial score (nSPS) is 11.2. The maximum Gasteiger partial charge on any atom is 0.214 e. The number of benzene rings is 3. The van der Waals surface area contributed by atoms with Gasteiger partial charge in [0.05, 0.1) is 16.8 Å². The minimum atomic E-state index is 0. The maximum atomic E-state index is 6.07. The zero-order valence-electron chi connectivity index (χ0n) is 22.5. The van der Waals surface area contributed by atoms with E-state index in [9.17, 15) is 0 Å². The van der Waals surface area contributed by atoms with Gasteiger partial charge in [0.15, 0.2) is 18.6 Å². The number of nitrogens with one attached hydrogen (secondary N) is 2. The minimum Gasteiger partial charge on any atom is -1.00 e. The standard InChI is InChI=1S/C32H31N5.2ClH/c1-22(24-5-10-27(11-6-24)34-29-15-18-36(3)19-16-29)23(2)25-7-12-28(13-8-25)35-31-17-20-37(4)32-14-9-26(33)21-30(31)32;;/h5-21H,33H2,1-4H3;2*1H/b23-22-;;. The van der Waals surface area contributed by atoms with E-state index in [0.717, 1.165) is 39.3 Å². The zero-order chi connectivity index (χ0) is 25.9. The third-order valence-corrected chi connectivity index (χ3v) is 6.90. The van der Waals surface area contributed by atoms with Gasteiger partial charge in [-0.3, -0.25) is 0 Å². The van der Waals surface area contributed by atoms with Gasteiger partial charge < -0.3 is 41.2 Å². The Morgan fingerprint density at radius 1 is 0.615 bits per heavy atom. The topological polar surface area (TPSA) is 57.8 Å². The molecule has 0 saturated heterocycles. The van der Waals surface area contributed by atoms with Crippen molar-refractivity contribution in [3.8, 4) is 0 Å². The molecule has 0 radical (unpaired) electrons. The lowest BCUT2D eigenvalue weighted by Gasteiger charge is -2.13. The molecule has 4 N–H and O–H groups in total. The number of nitrogens with two attached hydrogens (primary N) is 1. The number of pyridine rings is 2. The van der Waals surface area contributed by atoms with Crippen molar-refractivity contribution in [3.63, 3.8) is 0 Å². The number of halogens is 2. The van der Waals surface area contributed by atoms with Crippen molar-refractivity contribution in [1.29, 1.82) is 0 Å². The van der Waals surface area contributed by atoms with Crippen molar-refractivity contribution in [3.05, 3.63) is 115 Å². The van der Waals surface area contributed by atoms with Crippen molar-refractivity contribution in [2.24, 2.45) is 14.1 Å². The summed E-state index contributed by atoms with van der Waals surface area (Å²) in [5, 5.41) is 8.12. The first kappa shape index (κ1) is 29.5. The Hall–Kier alpha value is -4.06. The molecular formula is C32H33Cl2N5. The molecule has 0 aliphatic rings. The van der Waals surface area contributed by atoms with Crippen molar-refractivity contribution >= 4 is 50.5 Å². The summed E-state index contributed by atoms with van der Waals surface area (Å²) in [6, 6.07) is 29.4. The predicted molar refractivity (Wildman–Crippen MR) is 155 cm³/mol. The molecule has 200 valence electrons. The van der Waals surface area contributed by atoms with Gasteiger partial charge in [0, 0.05) is 41.3 Å². The van der Waals surface area contributed by atoms with Crippen LogP contribution in [0, 0.1) is 0 Å². The van der Waals surface area contributed by atoms with Crippen LogP contribution in [0.3, 0.4) is 0 Å². The van der Waals surface area contributed by atoms with Gasteiger partial charge in [-0.05, 0) is 72.5 Å². The number of rotatable bonds is 6. The number of anilines is 5. The fraction of sp³-hybridized carbons (Fsp3) is 0.125. The third kappa shape index (κ3) is 6.69. The van der Waals surface area contributed by atoms with Crippen molar-refractivity contribution < 1.29 is 33.9 Å². The number of hydrogen-bond acceptors (Lipinski definition) is 3. The van der Waals surface area contributed by atoms with Crippen LogP contribution in [0.15, 0.2) is 104 Å². The van der Waals surface area contributed by atoms with Gasteiger partial charge in [0.1, 0.15) is 14.1 Å². The van der Waals surface area contributed by atoms with E-state index in [4.69, 9.17) is 5.73 Å². The molecule has 3 aromatic carbocycles. The molecule has 0 aliphatic carbocycles. The number of nitrogens with zero attached hydrogens (tertiary/aromatic N) is 2. The van der Waals surface area contributed by atoms with Gasteiger partial charge in [-0.1, -0.05) is 24.3 Å². The summed E-state index contributed by atoms with van der Waals surface area (Å²) in [6.45, 7) is 4.36. The number of nitrogen functional groups attached to an aromatic ring is 1. The van der Waals surface area contributed by atoms with E-state index < -0.39 is 0 Å². The molecule has 0 fully saturated rings. The highest BCUT2D eigenvalue weighted by atomic mass is 35.5. The Kier molecular flexibility index (Phi) is 9.57. The summed E-state index contributed by atoms with van der Waals surface area (Å²) in [7, 11) is 4.06. The second kappa shape index (κ2) is 12.7. The van der Waals surface area contributed by atoms with Crippen molar-refractivity contribution in [1.82, 2.24) is 0 Å². The number of allylic oxidation sites excluding steroid dienone is 2. The van der Waals surface area contributed by atoms with Gasteiger partial charge in [-0.15, -0.1) is 0 Å². The molecule has 0 aliphatic heterocycles. The molecule has 0 bridgehead atoms. The molecular weight excluding hydrogens is 525 g/mol. The van der Waals surface area contributed by atoms with Gasteiger partial charge in [0.25, 0.3) is 0 Å². The third-order valence-electron chi connectivity index (χ3n) is 6.90. The lowest BCUT2D eigenvalue weighted by Crippen LogP contribution is -3.00. The highest BCUT2D eigenvalue weighted by Crippen LogP contribution is 2.30. The van der Waals surface area contributed by atoms with E-state index in [1.807, 2.05) is 43.2 Å². The Morgan fingerprint density at radius 3 is 1.69 bits per heavy atom. The van der Waals surface area contributed by atoms with Crippen LogP contribution in [0.5, 0.6) is 0 Å². The van der Waals surface area contributed by atoms with Crippen molar-refractivity contribution in [2.75, 3.05) is 16.4 Å². The molecule has 7 heteroatoms. The van der Waals surface area contributed by atoms with E-state index in [2.05, 4.69) is 108 Å². The first-order chi connectivity index (χ1) is 17.9. The maximum absolute atomic E-state index is 6.07. The molecule has 0 spiro atoms. The van der Waals surface area contributed by atoms with Crippen LogP contribution >= 0.6 is 0 Å². The number of fused-ring (bicyclic) bond motifs is 1. The number of aromatic nitrogens is 2. The highest BCUT2D eigenvalue weighted by Gasteiger charge is 2.11. The molecule has 5 aromatic rings. The van der Waals surface area contributed by atoms with E-state index in [0.29, 0.717) is 0 Å². The predicted octanol–water partition coefficient (Wildman–Crippen LogP) is 0.517. The smallest absolute Gasteiger partial charge is 0.214 e. The van der Waals surface area contributed by atoms with Crippen LogP contribution in [0.2, 0.25) is 0 Å². The van der Waals surface area contributed by atoms with Crippen molar-refractivity contribution in [2.45, 2.75) is 13.8 Å². The summed E-state index contributed by atoms with van der Waals surface area (Å²) in [4.78, 5) is 0. The SMILES string of the molecule is C/C(=C(\C)c1ccc(Nc2cc[n+](C)c3ccc(N)cc23)cc1)c1ccc(Nc2cc[n+](C)cc2)cc1.[Cl-].[Cl-]. The van der Waals surface area contributed by atoms with Crippen LogP contribution in [0.1, 0.15) is 25.0 Å². The molecule has 0 amide bonds. The summed E-state index contributed by atoms with van der Waals surface area (Å²) >= 11 is 0. The van der Waals surface area contributed by atoms with Crippen LogP contribution in [0.25, 0.3) is 22.0 Å². The Bertz CT molecular complexity index is 1590. The van der Waals surface area contributed by atoms with Crippen LogP contribution in [-0.2, 0) is 14.1 Å². The van der Waals surface area contributed by atoms with E-state index in [1.54, 1.807) is 0 Å². The largest absolute Gasteiger partial charge is 1.00 e. The first-order valence-corrected chi connectivity index (χ1v) is 12.4. The van der Waals surface area contributed by atoms with Gasteiger partial charge in [-0.25, -0.2) is 9.13 Å². The van der Waals surface area contributed by atoms with E-state index in [-0.39, 0.29) is 24.8 Å². The fourth-order valence-electron chi connectivity index (χ4n) is 4.49. The molecule has 2 heterocycles. The van der Waals surface area contributed by atoms with E-state index in [1.165, 1.54) is 22.3 Å². The molecule has 0 atom stereocenters. The second-order valence-corrected chi connectivity index (χ2v) is 9.52. The van der Waals surface area contributed by atoms with Gasteiger partial charge in [-0.2, -0.15) is 0 Å². The van der Waals surface area contributed by atoms with Gasteiger partial charge in [0.2, 0.25) is 5.52 Å². The molecule has 39 heavy (non-hydrogen) atoms. The average Bonchev–Trinajstić information content (AvgIpc) is 2.91. The average molecular weight is 559 g/mol. The lowest BCUT2D eigenvalue weighted by atomic mass is 9.96. The quantitative estimate of drug-likeness (QED) is 0.162. The molecule has 0 saturated carbocycles. The lowest BCUT2D eigenvalue weighted by molar-refractivity contribution is -0.671. The minimum absolute atomic E-state index is 0. The number of aryl methyl sites for hydroxylation is 2. The molecule has 0 unspecified atom stereocenters. The summed E-state index contributed by atoms with van der Waals surface area (Å²) in [5.41, 5.74) is 17.1. The molecule has 2 aromatic heterocycles. The van der Waals surface area contributed by atoms with Crippen LogP contribution in [-0.4, -0.2) is 0 Å². The van der Waals surface area contributed by atoms with Crippen LogP contribution < -0.4 is 50.3 Å². The Labute approximate surface area is 242 Å². The highest BCUT2D eigenvalue weighted by molar-refractivity contribution is 5.93. The van der Waals surface area contributed by atoms with Gasteiger partial charge >= 0.3 is 0 Å². The fourth-order valence-corrected chi connectivity index (χ4v) is 4.49. The monoisotopic (exact) mass is 557 g/mol. The first-order valence-electron chi connectivity index (χ1n) is 12.4. The number of hydrogen-bond donors (Lipinski definition) is 3. The Balaban J connectivity index is 0.00000210. The van der Waals surface area contributed by atoms with Crippen LogP contribution in [0.4, 0.5) is 28.4 Å².